The molecular weight excluding hydrogens is 170 g/mol. The lowest BCUT2D eigenvalue weighted by Crippen LogP contribution is -2.38. The van der Waals surface area contributed by atoms with Crippen molar-refractivity contribution in [2.45, 2.75) is 51.0 Å². The summed E-state index contributed by atoms with van der Waals surface area (Å²) >= 11 is 0. The zero-order chi connectivity index (χ0) is 9.64. The van der Waals surface area contributed by atoms with Gasteiger partial charge in [-0.25, -0.2) is 4.57 Å². The van der Waals surface area contributed by atoms with E-state index in [1.165, 1.54) is 44.9 Å². The van der Waals surface area contributed by atoms with Crippen LogP contribution in [0.25, 0.3) is 0 Å². The molecule has 0 aliphatic heterocycles. The molecule has 2 rings (SSSR count). The van der Waals surface area contributed by atoms with Gasteiger partial charge in [-0.3, -0.25) is 0 Å². The Balaban J connectivity index is 2.01. The van der Waals surface area contributed by atoms with Crippen molar-refractivity contribution >= 4 is 0 Å². The molecule has 1 nitrogen and oxygen atoms in total. The van der Waals surface area contributed by atoms with Crippen LogP contribution in [-0.4, -0.2) is 0 Å². The molecule has 0 saturated heterocycles. The van der Waals surface area contributed by atoms with E-state index in [2.05, 4.69) is 35.2 Å². The van der Waals surface area contributed by atoms with E-state index in [0.29, 0.717) is 0 Å². The molecule has 1 fully saturated rings. The van der Waals surface area contributed by atoms with Gasteiger partial charge in [0.1, 0.15) is 0 Å². The van der Waals surface area contributed by atoms with Gasteiger partial charge in [-0.15, -0.1) is 0 Å². The zero-order valence-electron chi connectivity index (χ0n) is 8.86. The fraction of sp³-hybridized carbons (Fsp3) is 0.615. The number of rotatable bonds is 1. The van der Waals surface area contributed by atoms with Crippen molar-refractivity contribution in [2.75, 3.05) is 0 Å². The molecule has 0 N–H and O–H groups in total. The van der Waals surface area contributed by atoms with Crippen LogP contribution in [0.3, 0.4) is 0 Å². The third kappa shape index (κ3) is 2.57. The first kappa shape index (κ1) is 9.70. The molecule has 76 valence electrons. The fourth-order valence-electron chi connectivity index (χ4n) is 2.39. The van der Waals surface area contributed by atoms with Gasteiger partial charge in [0.25, 0.3) is 0 Å². The van der Waals surface area contributed by atoms with E-state index in [9.17, 15) is 0 Å². The quantitative estimate of drug-likeness (QED) is 0.598. The van der Waals surface area contributed by atoms with Gasteiger partial charge in [0, 0.05) is 25.0 Å². The third-order valence-electron chi connectivity index (χ3n) is 3.23. The average molecular weight is 190 g/mol. The summed E-state index contributed by atoms with van der Waals surface area (Å²) in [4.78, 5) is 0. The summed E-state index contributed by atoms with van der Waals surface area (Å²) in [5, 5.41) is 0. The standard InChI is InChI=1S/C13H20N/c1-2-5-9-13(10-6-3-1)14-11-7-4-8-12-14/h4,7-8,11-13H,1-3,5-6,9-10H2/q+1. The van der Waals surface area contributed by atoms with Crippen molar-refractivity contribution in [3.8, 4) is 0 Å². The Bertz CT molecular complexity index is 247. The molecule has 1 aliphatic carbocycles. The van der Waals surface area contributed by atoms with E-state index in [1.54, 1.807) is 0 Å². The van der Waals surface area contributed by atoms with Crippen LogP contribution in [0.15, 0.2) is 30.6 Å². The lowest BCUT2D eigenvalue weighted by molar-refractivity contribution is -0.724. The van der Waals surface area contributed by atoms with Crippen LogP contribution < -0.4 is 4.57 Å². The normalized spacial score (nSPS) is 20.0. The van der Waals surface area contributed by atoms with Crippen LogP contribution in [0, 0.1) is 0 Å². The molecule has 1 aromatic rings. The van der Waals surface area contributed by atoms with Crippen molar-refractivity contribution in [1.29, 1.82) is 0 Å². The van der Waals surface area contributed by atoms with Crippen LogP contribution >= 0.6 is 0 Å². The molecule has 0 bridgehead atoms. The van der Waals surface area contributed by atoms with Crippen molar-refractivity contribution in [2.24, 2.45) is 0 Å². The zero-order valence-corrected chi connectivity index (χ0v) is 8.86. The molecule has 0 spiro atoms. The molecule has 0 radical (unpaired) electrons. The second kappa shape index (κ2) is 5.14. The number of aromatic nitrogens is 1. The molecule has 1 aromatic heterocycles. The van der Waals surface area contributed by atoms with E-state index >= 15 is 0 Å². The highest BCUT2D eigenvalue weighted by atomic mass is 15.0. The largest absolute Gasteiger partial charge is 0.202 e. The SMILES string of the molecule is c1cc[n+](C2CCCCCCC2)cc1. The van der Waals surface area contributed by atoms with Crippen molar-refractivity contribution in [3.05, 3.63) is 30.6 Å². The number of nitrogens with zero attached hydrogens (tertiary/aromatic N) is 1. The van der Waals surface area contributed by atoms with Crippen LogP contribution in [0.4, 0.5) is 0 Å². The van der Waals surface area contributed by atoms with Gasteiger partial charge in [-0.1, -0.05) is 25.3 Å². The first-order valence-corrected chi connectivity index (χ1v) is 5.92. The summed E-state index contributed by atoms with van der Waals surface area (Å²) in [6.07, 6.45) is 14.3. The van der Waals surface area contributed by atoms with E-state index < -0.39 is 0 Å². The molecule has 0 aromatic carbocycles. The predicted molar refractivity (Wildman–Crippen MR) is 58.0 cm³/mol. The topological polar surface area (TPSA) is 3.88 Å². The highest BCUT2D eigenvalue weighted by Gasteiger charge is 2.18. The van der Waals surface area contributed by atoms with Gasteiger partial charge in [0.05, 0.1) is 0 Å². The minimum Gasteiger partial charge on any atom is -0.202 e. The molecule has 0 atom stereocenters. The summed E-state index contributed by atoms with van der Waals surface area (Å²) in [5.41, 5.74) is 0. The second-order valence-electron chi connectivity index (χ2n) is 4.32. The minimum atomic E-state index is 0.761. The van der Waals surface area contributed by atoms with Gasteiger partial charge < -0.3 is 0 Å². The number of pyridine rings is 1. The summed E-state index contributed by atoms with van der Waals surface area (Å²) in [5.74, 6) is 0. The Kier molecular flexibility index (Phi) is 3.56. The number of hydrogen-bond acceptors (Lipinski definition) is 0. The van der Waals surface area contributed by atoms with Gasteiger partial charge in [0.15, 0.2) is 18.4 Å². The van der Waals surface area contributed by atoms with Crippen LogP contribution in [0.2, 0.25) is 0 Å². The van der Waals surface area contributed by atoms with E-state index in [1.807, 2.05) is 0 Å². The summed E-state index contributed by atoms with van der Waals surface area (Å²) in [6.45, 7) is 0. The first-order valence-electron chi connectivity index (χ1n) is 5.92. The predicted octanol–water partition coefficient (Wildman–Crippen LogP) is 3.26. The maximum Gasteiger partial charge on any atom is 0.169 e. The minimum absolute atomic E-state index is 0.761. The smallest absolute Gasteiger partial charge is 0.169 e. The van der Waals surface area contributed by atoms with Crippen LogP contribution in [-0.2, 0) is 0 Å². The second-order valence-corrected chi connectivity index (χ2v) is 4.32. The maximum atomic E-state index is 2.39. The summed E-state index contributed by atoms with van der Waals surface area (Å²) in [6, 6.07) is 7.13. The molecule has 1 aliphatic rings. The Hall–Kier alpha value is -0.850. The van der Waals surface area contributed by atoms with Crippen molar-refractivity contribution < 1.29 is 4.57 Å². The molecule has 0 unspecified atom stereocenters. The van der Waals surface area contributed by atoms with E-state index in [0.717, 1.165) is 6.04 Å². The molecule has 1 heteroatoms. The maximum absolute atomic E-state index is 2.39. The summed E-state index contributed by atoms with van der Waals surface area (Å²) < 4.78 is 2.39. The van der Waals surface area contributed by atoms with E-state index in [4.69, 9.17) is 0 Å². The number of hydrogen-bond donors (Lipinski definition) is 0. The van der Waals surface area contributed by atoms with Gasteiger partial charge in [-0.2, -0.15) is 0 Å². The van der Waals surface area contributed by atoms with Gasteiger partial charge >= 0.3 is 0 Å². The van der Waals surface area contributed by atoms with Gasteiger partial charge in [0.2, 0.25) is 0 Å². The highest BCUT2D eigenvalue weighted by Crippen LogP contribution is 2.21. The first-order chi connectivity index (χ1) is 6.97. The molecular formula is C13H20N+. The van der Waals surface area contributed by atoms with Crippen molar-refractivity contribution in [3.63, 3.8) is 0 Å². The Labute approximate surface area is 86.8 Å². The highest BCUT2D eigenvalue weighted by molar-refractivity contribution is 4.84. The Morgan fingerprint density at radius 3 is 1.93 bits per heavy atom. The molecule has 0 amide bonds. The fourth-order valence-corrected chi connectivity index (χ4v) is 2.39. The Morgan fingerprint density at radius 1 is 0.714 bits per heavy atom. The molecule has 1 heterocycles. The molecule has 1 saturated carbocycles. The van der Waals surface area contributed by atoms with Crippen molar-refractivity contribution in [1.82, 2.24) is 0 Å². The monoisotopic (exact) mass is 190 g/mol. The van der Waals surface area contributed by atoms with Crippen LogP contribution in [0.5, 0.6) is 0 Å². The lowest BCUT2D eigenvalue weighted by Gasteiger charge is -2.15. The summed E-state index contributed by atoms with van der Waals surface area (Å²) in [7, 11) is 0. The molecule has 14 heavy (non-hydrogen) atoms. The Morgan fingerprint density at radius 2 is 1.29 bits per heavy atom. The lowest BCUT2D eigenvalue weighted by atomic mass is 9.96. The average Bonchev–Trinajstić information content (AvgIpc) is 2.18. The van der Waals surface area contributed by atoms with E-state index in [-0.39, 0.29) is 0 Å². The third-order valence-corrected chi connectivity index (χ3v) is 3.23. The van der Waals surface area contributed by atoms with Gasteiger partial charge in [-0.05, 0) is 12.8 Å². The van der Waals surface area contributed by atoms with Crippen LogP contribution in [0.1, 0.15) is 51.0 Å².